The molecule has 0 radical (unpaired) electrons. The van der Waals surface area contributed by atoms with Crippen LogP contribution in [0.25, 0.3) is 0 Å². The minimum absolute atomic E-state index is 0.0950. The number of anilines is 1. The van der Waals surface area contributed by atoms with Gasteiger partial charge in [-0.3, -0.25) is 9.59 Å². The third-order valence-electron chi connectivity index (χ3n) is 6.28. The molecule has 0 atom stereocenters. The van der Waals surface area contributed by atoms with Crippen molar-refractivity contribution in [1.82, 2.24) is 10.2 Å². The number of fused-ring (bicyclic) bond motifs is 2. The zero-order valence-corrected chi connectivity index (χ0v) is 24.1. The van der Waals surface area contributed by atoms with Gasteiger partial charge in [-0.1, -0.05) is 75.3 Å². The van der Waals surface area contributed by atoms with Crippen LogP contribution < -0.4 is 10.2 Å². The highest BCUT2D eigenvalue weighted by atomic mass is 35.5. The first-order chi connectivity index (χ1) is 18.2. The molecule has 0 spiro atoms. The van der Waals surface area contributed by atoms with E-state index in [-0.39, 0.29) is 11.8 Å². The monoisotopic (exact) mass is 549 g/mol. The molecule has 3 aromatic rings. The molecule has 1 aliphatic heterocycles. The molecule has 7 heteroatoms. The standard InChI is InChI=1S/C31H36ClN3O2S/c1-21(2)18-34(19-22(3)4)15-14-33-30(36)24-12-13-29-27(17-24)35(20-23-8-7-9-25(32)16-23)31(37)26-10-5-6-11-28(26)38-29/h5-13,16-17,21-22H,14-15,18-20H2,1-4H3,(H,33,36). The molecule has 0 saturated carbocycles. The SMILES string of the molecule is CC(C)CN(CCNC(=O)c1ccc2c(c1)N(Cc1cccc(Cl)c1)C(=O)c1ccccc1S2)CC(C)C. The number of halogens is 1. The number of carbonyl (C=O) groups excluding carboxylic acids is 2. The molecular weight excluding hydrogens is 514 g/mol. The van der Waals surface area contributed by atoms with Gasteiger partial charge in [0.1, 0.15) is 0 Å². The van der Waals surface area contributed by atoms with E-state index < -0.39 is 0 Å². The first kappa shape index (κ1) is 28.2. The van der Waals surface area contributed by atoms with Gasteiger partial charge >= 0.3 is 0 Å². The summed E-state index contributed by atoms with van der Waals surface area (Å²) in [6.07, 6.45) is 0. The van der Waals surface area contributed by atoms with Crippen LogP contribution in [0.4, 0.5) is 5.69 Å². The Labute approximate surface area is 235 Å². The van der Waals surface area contributed by atoms with Crippen LogP contribution in [-0.4, -0.2) is 42.9 Å². The highest BCUT2D eigenvalue weighted by molar-refractivity contribution is 7.99. The van der Waals surface area contributed by atoms with Gasteiger partial charge in [0.05, 0.1) is 17.8 Å². The van der Waals surface area contributed by atoms with Crippen LogP contribution in [0.1, 0.15) is 54.0 Å². The molecule has 1 N–H and O–H groups in total. The van der Waals surface area contributed by atoms with E-state index >= 15 is 0 Å². The number of amides is 2. The molecule has 38 heavy (non-hydrogen) atoms. The van der Waals surface area contributed by atoms with Crippen molar-refractivity contribution in [1.29, 1.82) is 0 Å². The lowest BCUT2D eigenvalue weighted by molar-refractivity contribution is 0.0943. The molecule has 0 unspecified atom stereocenters. The van der Waals surface area contributed by atoms with Crippen molar-refractivity contribution in [2.75, 3.05) is 31.1 Å². The lowest BCUT2D eigenvalue weighted by Gasteiger charge is -2.26. The van der Waals surface area contributed by atoms with Crippen molar-refractivity contribution >= 4 is 40.9 Å². The maximum atomic E-state index is 13.8. The Kier molecular flexibility index (Phi) is 9.53. The van der Waals surface area contributed by atoms with Gasteiger partial charge in [0.15, 0.2) is 0 Å². The molecule has 2 amide bonds. The Morgan fingerprint density at radius 3 is 2.39 bits per heavy atom. The predicted molar refractivity (Wildman–Crippen MR) is 157 cm³/mol. The number of nitrogens with one attached hydrogen (secondary N) is 1. The van der Waals surface area contributed by atoms with Crippen LogP contribution in [0.15, 0.2) is 76.5 Å². The Morgan fingerprint density at radius 2 is 1.68 bits per heavy atom. The molecular formula is C31H36ClN3O2S. The first-order valence-corrected chi connectivity index (χ1v) is 14.4. The van der Waals surface area contributed by atoms with Gasteiger partial charge in [-0.25, -0.2) is 0 Å². The van der Waals surface area contributed by atoms with Gasteiger partial charge in [-0.2, -0.15) is 0 Å². The van der Waals surface area contributed by atoms with Crippen LogP contribution in [0.5, 0.6) is 0 Å². The van der Waals surface area contributed by atoms with Gasteiger partial charge in [-0.15, -0.1) is 0 Å². The molecule has 0 aliphatic carbocycles. The third kappa shape index (κ3) is 7.19. The summed E-state index contributed by atoms with van der Waals surface area (Å²) < 4.78 is 0. The average Bonchev–Trinajstić information content (AvgIpc) is 2.97. The van der Waals surface area contributed by atoms with Crippen LogP contribution in [0.3, 0.4) is 0 Å². The molecule has 5 nitrogen and oxygen atoms in total. The summed E-state index contributed by atoms with van der Waals surface area (Å²) >= 11 is 7.79. The van der Waals surface area contributed by atoms with Gasteiger partial charge < -0.3 is 15.1 Å². The molecule has 0 fully saturated rings. The molecule has 1 heterocycles. The summed E-state index contributed by atoms with van der Waals surface area (Å²) in [5, 5.41) is 3.71. The summed E-state index contributed by atoms with van der Waals surface area (Å²) in [5.74, 6) is 0.906. The second-order valence-electron chi connectivity index (χ2n) is 10.6. The summed E-state index contributed by atoms with van der Waals surface area (Å²) in [7, 11) is 0. The molecule has 3 aromatic carbocycles. The fourth-order valence-corrected chi connectivity index (χ4v) is 6.03. The second-order valence-corrected chi connectivity index (χ2v) is 12.1. The number of carbonyl (C=O) groups is 2. The number of hydrogen-bond acceptors (Lipinski definition) is 4. The van der Waals surface area contributed by atoms with E-state index in [4.69, 9.17) is 11.6 Å². The highest BCUT2D eigenvalue weighted by Crippen LogP contribution is 2.42. The zero-order chi connectivity index (χ0) is 27.2. The van der Waals surface area contributed by atoms with Gasteiger partial charge in [-0.05, 0) is 59.9 Å². The lowest BCUT2D eigenvalue weighted by Crippen LogP contribution is -2.38. The molecule has 0 bridgehead atoms. The second kappa shape index (κ2) is 12.8. The fraction of sp³-hybridized carbons (Fsp3) is 0.355. The van der Waals surface area contributed by atoms with Crippen molar-refractivity contribution in [2.24, 2.45) is 11.8 Å². The summed E-state index contributed by atoms with van der Waals surface area (Å²) in [6, 6.07) is 20.8. The van der Waals surface area contributed by atoms with Crippen molar-refractivity contribution in [2.45, 2.75) is 44.0 Å². The number of benzene rings is 3. The lowest BCUT2D eigenvalue weighted by atomic mass is 10.1. The molecule has 4 rings (SSSR count). The Balaban J connectivity index is 1.58. The number of nitrogens with zero attached hydrogens (tertiary/aromatic N) is 2. The Bertz CT molecular complexity index is 1280. The van der Waals surface area contributed by atoms with Crippen LogP contribution in [0.2, 0.25) is 5.02 Å². The largest absolute Gasteiger partial charge is 0.351 e. The van der Waals surface area contributed by atoms with Crippen LogP contribution in [-0.2, 0) is 6.54 Å². The first-order valence-electron chi connectivity index (χ1n) is 13.2. The summed E-state index contributed by atoms with van der Waals surface area (Å²) in [6.45, 7) is 12.6. The molecule has 0 aromatic heterocycles. The van der Waals surface area contributed by atoms with E-state index in [1.54, 1.807) is 16.7 Å². The average molecular weight is 550 g/mol. The maximum Gasteiger partial charge on any atom is 0.259 e. The van der Waals surface area contributed by atoms with Crippen molar-refractivity contribution in [3.8, 4) is 0 Å². The quantitative estimate of drug-likeness (QED) is 0.296. The normalized spacial score (nSPS) is 13.1. The minimum Gasteiger partial charge on any atom is -0.351 e. The Morgan fingerprint density at radius 1 is 0.947 bits per heavy atom. The maximum absolute atomic E-state index is 13.8. The zero-order valence-electron chi connectivity index (χ0n) is 22.5. The number of rotatable bonds is 10. The molecule has 200 valence electrons. The highest BCUT2D eigenvalue weighted by Gasteiger charge is 2.28. The van der Waals surface area contributed by atoms with Gasteiger partial charge in [0.2, 0.25) is 0 Å². The summed E-state index contributed by atoms with van der Waals surface area (Å²) in [5.41, 5.74) is 2.84. The third-order valence-corrected chi connectivity index (χ3v) is 7.66. The van der Waals surface area contributed by atoms with E-state index in [9.17, 15) is 9.59 Å². The minimum atomic E-state index is -0.135. The van der Waals surface area contributed by atoms with E-state index in [0.29, 0.717) is 41.1 Å². The predicted octanol–water partition coefficient (Wildman–Crippen LogP) is 7.00. The van der Waals surface area contributed by atoms with Gasteiger partial charge in [0.25, 0.3) is 11.8 Å². The van der Waals surface area contributed by atoms with Gasteiger partial charge in [0, 0.05) is 46.6 Å². The molecule has 1 aliphatic rings. The molecule has 0 saturated heterocycles. The topological polar surface area (TPSA) is 52.7 Å². The van der Waals surface area contributed by atoms with Crippen LogP contribution >= 0.6 is 23.4 Å². The van der Waals surface area contributed by atoms with Crippen LogP contribution in [0, 0.1) is 11.8 Å². The fourth-order valence-electron chi connectivity index (χ4n) is 4.76. The van der Waals surface area contributed by atoms with Crippen molar-refractivity contribution < 1.29 is 9.59 Å². The van der Waals surface area contributed by atoms with Crippen molar-refractivity contribution in [3.05, 3.63) is 88.4 Å². The smallest absolute Gasteiger partial charge is 0.259 e. The van der Waals surface area contributed by atoms with E-state index in [1.165, 1.54) is 0 Å². The number of hydrogen-bond donors (Lipinski definition) is 1. The summed E-state index contributed by atoms with van der Waals surface area (Å²) in [4.78, 5) is 33.0. The Hall–Kier alpha value is -2.80. The van der Waals surface area contributed by atoms with E-state index in [0.717, 1.165) is 40.7 Å². The van der Waals surface area contributed by atoms with E-state index in [2.05, 4.69) is 37.9 Å². The van der Waals surface area contributed by atoms with Crippen molar-refractivity contribution in [3.63, 3.8) is 0 Å². The van der Waals surface area contributed by atoms with E-state index in [1.807, 2.05) is 66.7 Å².